The molecule has 2 atom stereocenters. The lowest BCUT2D eigenvalue weighted by molar-refractivity contribution is -0.199. The summed E-state index contributed by atoms with van der Waals surface area (Å²) >= 11 is 0. The zero-order valence-corrected chi connectivity index (χ0v) is 26.1. The Bertz CT molecular complexity index is 1650. The second-order valence-electron chi connectivity index (χ2n) is 13.3. The molecule has 288 valence electrons. The number of ether oxygens (including phenoxy) is 4. The topological polar surface area (TPSA) is 91.3 Å². The molecule has 0 heterocycles. The fourth-order valence-electron chi connectivity index (χ4n) is 7.89. The molecule has 52 heavy (non-hydrogen) atoms. The average molecular weight is 774 g/mol. The quantitative estimate of drug-likeness (QED) is 0.170. The highest BCUT2D eigenvalue weighted by molar-refractivity contribution is 5.77. The number of carbonyl (C=O) groups excluding carboxylic acids is 2. The van der Waals surface area contributed by atoms with Crippen molar-refractivity contribution in [3.8, 4) is 23.0 Å². The Morgan fingerprint density at radius 1 is 0.712 bits per heavy atom. The molecule has 4 aliphatic carbocycles. The summed E-state index contributed by atoms with van der Waals surface area (Å²) < 4.78 is 212. The Kier molecular flexibility index (Phi) is 9.34. The highest BCUT2D eigenvalue weighted by atomic mass is 19.4. The van der Waals surface area contributed by atoms with E-state index in [0.29, 0.717) is 56.9 Å². The Balaban J connectivity index is 1.40. The van der Waals surface area contributed by atoms with Crippen LogP contribution >= 0.6 is 0 Å². The summed E-state index contributed by atoms with van der Waals surface area (Å²) in [5.74, 6) is -13.6. The van der Waals surface area contributed by atoms with Crippen molar-refractivity contribution >= 4 is 12.1 Å². The lowest BCUT2D eigenvalue weighted by atomic mass is 9.48. The van der Waals surface area contributed by atoms with Crippen LogP contribution in [0.4, 0.5) is 66.3 Å². The molecule has 4 bridgehead atoms. The molecule has 7 nitrogen and oxygen atoms in total. The van der Waals surface area contributed by atoms with E-state index in [4.69, 9.17) is 14.2 Å². The van der Waals surface area contributed by atoms with Gasteiger partial charge in [-0.1, -0.05) is 0 Å². The summed E-state index contributed by atoms with van der Waals surface area (Å²) in [5, 5.41) is 9.64. The summed E-state index contributed by atoms with van der Waals surface area (Å²) in [6.07, 6.45) is -24.8. The number of carbonyl (C=O) groups is 2. The van der Waals surface area contributed by atoms with Crippen molar-refractivity contribution in [3.05, 3.63) is 46.5 Å². The number of benzene rings is 2. The van der Waals surface area contributed by atoms with Gasteiger partial charge >= 0.3 is 42.8 Å². The van der Waals surface area contributed by atoms with Crippen LogP contribution in [-0.2, 0) is 39.0 Å². The Hall–Kier alpha value is -4.20. The number of hydrogen-bond acceptors (Lipinski definition) is 7. The molecule has 0 radical (unpaired) electrons. The maximum Gasteiger partial charge on any atom is 0.514 e. The predicted octanol–water partition coefficient (Wildman–Crippen LogP) is 10.3. The largest absolute Gasteiger partial charge is 0.514 e. The van der Waals surface area contributed by atoms with Crippen molar-refractivity contribution < 1.29 is 95.1 Å². The van der Waals surface area contributed by atoms with Crippen LogP contribution in [0.2, 0.25) is 0 Å². The van der Waals surface area contributed by atoms with Gasteiger partial charge in [0.15, 0.2) is 5.75 Å². The predicted molar refractivity (Wildman–Crippen MR) is 143 cm³/mol. The third-order valence-electron chi connectivity index (χ3n) is 9.10. The minimum Gasteiger partial charge on any atom is -0.507 e. The van der Waals surface area contributed by atoms with E-state index in [0.717, 1.165) is 6.42 Å². The van der Waals surface area contributed by atoms with Crippen LogP contribution in [-0.4, -0.2) is 35.4 Å². The van der Waals surface area contributed by atoms with E-state index in [1.54, 1.807) is 0 Å². The van der Waals surface area contributed by atoms with Crippen molar-refractivity contribution in [2.24, 2.45) is 17.3 Å². The van der Waals surface area contributed by atoms with Gasteiger partial charge in [0.05, 0.1) is 6.61 Å². The second kappa shape index (κ2) is 12.4. The third kappa shape index (κ3) is 7.77. The molecule has 6 rings (SSSR count). The number of halogens is 14. The smallest absolute Gasteiger partial charge is 0.507 e. The lowest BCUT2D eigenvalue weighted by Crippen LogP contribution is -2.59. The molecule has 0 spiro atoms. The molecular formula is C31H24F14O7. The van der Waals surface area contributed by atoms with Crippen molar-refractivity contribution in [3.63, 3.8) is 0 Å². The Morgan fingerprint density at radius 3 is 1.58 bits per heavy atom. The van der Waals surface area contributed by atoms with Crippen molar-refractivity contribution in [1.82, 2.24) is 0 Å². The molecule has 0 amide bonds. The van der Waals surface area contributed by atoms with Crippen LogP contribution in [0.3, 0.4) is 0 Å². The molecule has 0 aliphatic heterocycles. The van der Waals surface area contributed by atoms with Gasteiger partial charge in [0.2, 0.25) is 0 Å². The minimum absolute atomic E-state index is 0.0369. The first-order valence-electron chi connectivity index (χ1n) is 15.0. The highest BCUT2D eigenvalue weighted by Gasteiger charge is 2.61. The van der Waals surface area contributed by atoms with E-state index >= 15 is 0 Å². The van der Waals surface area contributed by atoms with E-state index in [-0.39, 0.29) is 24.9 Å². The number of alkyl halides is 14. The van der Waals surface area contributed by atoms with E-state index in [9.17, 15) is 76.2 Å². The molecule has 1 N–H and O–H groups in total. The molecule has 2 aromatic rings. The molecular weight excluding hydrogens is 750 g/mol. The maximum atomic E-state index is 13.9. The van der Waals surface area contributed by atoms with Crippen LogP contribution in [0.5, 0.6) is 23.0 Å². The first-order chi connectivity index (χ1) is 23.5. The molecule has 4 fully saturated rings. The molecule has 0 saturated heterocycles. The first-order valence-corrected chi connectivity index (χ1v) is 15.0. The molecule has 4 saturated carbocycles. The van der Waals surface area contributed by atoms with Gasteiger partial charge in [-0.25, -0.2) is 9.59 Å². The Labute approximate surface area is 282 Å². The summed E-state index contributed by atoms with van der Waals surface area (Å²) in [6, 6.07) is 2.26. The van der Waals surface area contributed by atoms with Crippen LogP contribution in [0.25, 0.3) is 0 Å². The van der Waals surface area contributed by atoms with E-state index in [1.807, 2.05) is 0 Å². The minimum atomic E-state index is -6.47. The van der Waals surface area contributed by atoms with E-state index in [1.165, 1.54) is 0 Å². The van der Waals surface area contributed by atoms with Crippen LogP contribution in [0.15, 0.2) is 24.3 Å². The van der Waals surface area contributed by atoms with Crippen LogP contribution in [0.1, 0.15) is 67.7 Å². The average Bonchev–Trinajstić information content (AvgIpc) is 2.93. The number of aromatic hydroxyl groups is 1. The Morgan fingerprint density at radius 2 is 1.15 bits per heavy atom. The molecule has 0 aromatic heterocycles. The molecule has 2 unspecified atom stereocenters. The number of rotatable bonds is 7. The second-order valence-corrected chi connectivity index (χ2v) is 13.3. The van der Waals surface area contributed by atoms with Crippen molar-refractivity contribution in [2.45, 2.75) is 81.7 Å². The molecule has 4 aliphatic rings. The number of esters is 1. The van der Waals surface area contributed by atoms with Crippen molar-refractivity contribution in [2.75, 3.05) is 6.61 Å². The van der Waals surface area contributed by atoms with Gasteiger partial charge in [0.1, 0.15) is 45.1 Å². The number of phenolic OH excluding ortho intramolecular Hbond substituents is 1. The standard InChI is InChI=1S/C31H24F14O7/c1-25(32,33)23(47)49-12-26-7-13-6-14(8-26)10-27(9-13,11-26)52-24(48)51-16-4-2-15(3-5-16)50-22-19(30(40,41)42)17(28(34,35)36)21(46)18(29(37,38)39)20(22)31(43,44)45/h2-5,13-14,46H,6-12H2,1H3. The summed E-state index contributed by atoms with van der Waals surface area (Å²) in [5.41, 5.74) is -15.7. The summed E-state index contributed by atoms with van der Waals surface area (Å²) in [6.45, 7) is 0.000497. The fourth-order valence-corrected chi connectivity index (χ4v) is 7.89. The summed E-state index contributed by atoms with van der Waals surface area (Å²) in [7, 11) is 0. The van der Waals surface area contributed by atoms with E-state index in [2.05, 4.69) is 4.74 Å². The van der Waals surface area contributed by atoms with Gasteiger partial charge in [-0.15, -0.1) is 0 Å². The lowest BCUT2D eigenvalue weighted by Gasteiger charge is -2.60. The zero-order chi connectivity index (χ0) is 39.0. The van der Waals surface area contributed by atoms with E-state index < -0.39 is 99.0 Å². The first kappa shape index (κ1) is 39.0. The number of phenols is 1. The maximum absolute atomic E-state index is 13.9. The SMILES string of the molecule is CC(F)(F)C(=O)OCC12CC3CC(C1)CC(OC(=O)Oc1ccc(Oc4c(C(F)(F)F)c(C(F)(F)F)c(O)c(C(F)(F)F)c4C(F)(F)F)cc1)(C3)C2. The third-order valence-corrected chi connectivity index (χ3v) is 9.10. The highest BCUT2D eigenvalue weighted by Crippen LogP contribution is 2.63. The summed E-state index contributed by atoms with van der Waals surface area (Å²) in [4.78, 5) is 24.5. The van der Waals surface area contributed by atoms with Gasteiger partial charge in [0, 0.05) is 12.3 Å². The zero-order valence-electron chi connectivity index (χ0n) is 26.1. The fraction of sp³-hybridized carbons (Fsp3) is 0.548. The number of hydrogen-bond donors (Lipinski definition) is 1. The van der Waals surface area contributed by atoms with Gasteiger partial charge in [0.25, 0.3) is 0 Å². The molecule has 2 aromatic carbocycles. The van der Waals surface area contributed by atoms with Crippen LogP contribution < -0.4 is 9.47 Å². The van der Waals surface area contributed by atoms with Crippen LogP contribution in [0, 0.1) is 17.3 Å². The van der Waals surface area contributed by atoms with Gasteiger partial charge in [-0.05, 0) is 74.6 Å². The van der Waals surface area contributed by atoms with Crippen molar-refractivity contribution in [1.29, 1.82) is 0 Å². The monoisotopic (exact) mass is 774 g/mol. The van der Waals surface area contributed by atoms with Gasteiger partial charge < -0.3 is 24.1 Å². The van der Waals surface area contributed by atoms with Gasteiger partial charge in [-0.3, -0.25) is 0 Å². The molecule has 21 heteroatoms. The van der Waals surface area contributed by atoms with Gasteiger partial charge in [-0.2, -0.15) is 61.5 Å². The normalized spacial score (nSPS) is 24.8.